The van der Waals surface area contributed by atoms with E-state index in [-0.39, 0.29) is 42.7 Å². The van der Waals surface area contributed by atoms with Gasteiger partial charge in [0.2, 0.25) is 0 Å². The van der Waals surface area contributed by atoms with Gasteiger partial charge in [-0.15, -0.1) is 24.8 Å². The highest BCUT2D eigenvalue weighted by Gasteiger charge is 2.33. The number of phenols is 1. The quantitative estimate of drug-likeness (QED) is 0.674. The Hall–Kier alpha value is -0.410. The van der Waals surface area contributed by atoms with Crippen molar-refractivity contribution in [1.29, 1.82) is 0 Å². The van der Waals surface area contributed by atoms with Gasteiger partial charge in [-0.25, -0.2) is 0 Å². The molecule has 1 aliphatic heterocycles. The van der Waals surface area contributed by atoms with Crippen LogP contribution in [0.15, 0.2) is 16.6 Å². The molecule has 1 saturated heterocycles. The molecule has 2 N–H and O–H groups in total. The fraction of sp³-hybridized carbons (Fsp3) is 0.600. The molecule has 4 nitrogen and oxygen atoms in total. The van der Waals surface area contributed by atoms with Crippen LogP contribution in [-0.4, -0.2) is 49.5 Å². The molecule has 0 bridgehead atoms. The zero-order valence-electron chi connectivity index (χ0n) is 13.6. The average molecular weight is 470 g/mol. The van der Waals surface area contributed by atoms with Crippen molar-refractivity contribution in [1.82, 2.24) is 10.2 Å². The normalized spacial score (nSPS) is 16.5. The average Bonchev–Trinajstić information content (AvgIpc) is 2.50. The zero-order valence-corrected chi connectivity index (χ0v) is 16.8. The third kappa shape index (κ3) is 7.02. The van der Waals surface area contributed by atoms with Crippen molar-refractivity contribution in [3.63, 3.8) is 0 Å². The highest BCUT2D eigenvalue weighted by Crippen LogP contribution is 2.41. The minimum Gasteiger partial charge on any atom is -0.504 e. The van der Waals surface area contributed by atoms with Gasteiger partial charge in [0.1, 0.15) is 0 Å². The van der Waals surface area contributed by atoms with E-state index in [1.54, 1.807) is 12.1 Å². The number of hydrogen-bond acceptors (Lipinski definition) is 4. The second-order valence-corrected chi connectivity index (χ2v) is 6.42. The molecule has 146 valence electrons. The van der Waals surface area contributed by atoms with Gasteiger partial charge in [0.15, 0.2) is 11.5 Å². The van der Waals surface area contributed by atoms with E-state index < -0.39 is 18.6 Å². The number of phenolic OH excluding ortho intramolecular Hbond substituents is 1. The summed E-state index contributed by atoms with van der Waals surface area (Å²) >= 11 is 3.33. The molecule has 0 unspecified atom stereocenters. The summed E-state index contributed by atoms with van der Waals surface area (Å²) < 4.78 is 43.9. The number of benzene rings is 1. The number of nitrogens with zero attached hydrogens (tertiary/aromatic N) is 1. The lowest BCUT2D eigenvalue weighted by Crippen LogP contribution is -2.45. The van der Waals surface area contributed by atoms with Crippen molar-refractivity contribution in [2.75, 3.05) is 33.3 Å². The van der Waals surface area contributed by atoms with Crippen LogP contribution in [0.4, 0.5) is 13.2 Å². The minimum absolute atomic E-state index is 0. The number of piperazine rings is 1. The van der Waals surface area contributed by atoms with E-state index in [0.717, 1.165) is 0 Å². The van der Waals surface area contributed by atoms with Crippen LogP contribution >= 0.6 is 40.7 Å². The highest BCUT2D eigenvalue weighted by molar-refractivity contribution is 9.10. The molecule has 0 spiro atoms. The van der Waals surface area contributed by atoms with Crippen LogP contribution in [0.1, 0.15) is 24.4 Å². The van der Waals surface area contributed by atoms with Crippen molar-refractivity contribution < 1.29 is 23.0 Å². The minimum atomic E-state index is -4.22. The maximum atomic E-state index is 12.7. The molecular formula is C15H22BrCl2F3N2O2. The van der Waals surface area contributed by atoms with E-state index in [9.17, 15) is 18.3 Å². The molecule has 10 heteroatoms. The summed E-state index contributed by atoms with van der Waals surface area (Å²) in [5.41, 5.74) is 0.461. The first-order chi connectivity index (χ1) is 10.8. The van der Waals surface area contributed by atoms with Gasteiger partial charge in [0.25, 0.3) is 0 Å². The summed E-state index contributed by atoms with van der Waals surface area (Å²) in [6.07, 6.45) is -5.22. The number of hydrogen-bond donors (Lipinski definition) is 2. The van der Waals surface area contributed by atoms with Gasteiger partial charge < -0.3 is 15.2 Å². The smallest absolute Gasteiger partial charge is 0.389 e. The third-order valence-corrected chi connectivity index (χ3v) is 4.40. The number of halogens is 6. The fourth-order valence-electron chi connectivity index (χ4n) is 2.83. The topological polar surface area (TPSA) is 44.7 Å². The van der Waals surface area contributed by atoms with Gasteiger partial charge in [-0.3, -0.25) is 4.90 Å². The molecular weight excluding hydrogens is 448 g/mol. The van der Waals surface area contributed by atoms with Crippen LogP contribution in [-0.2, 0) is 0 Å². The van der Waals surface area contributed by atoms with Crippen molar-refractivity contribution in [3.8, 4) is 11.5 Å². The maximum absolute atomic E-state index is 12.7. The molecule has 1 heterocycles. The first-order valence-corrected chi connectivity index (χ1v) is 8.19. The summed E-state index contributed by atoms with van der Waals surface area (Å²) in [6.45, 7) is 2.70. The maximum Gasteiger partial charge on any atom is 0.389 e. The molecule has 0 radical (unpaired) electrons. The fourth-order valence-corrected chi connectivity index (χ4v) is 3.29. The monoisotopic (exact) mass is 468 g/mol. The van der Waals surface area contributed by atoms with E-state index in [4.69, 9.17) is 4.74 Å². The Kier molecular flexibility index (Phi) is 10.5. The van der Waals surface area contributed by atoms with E-state index in [1.165, 1.54) is 7.11 Å². The molecule has 0 aromatic heterocycles. The molecule has 25 heavy (non-hydrogen) atoms. The predicted octanol–water partition coefficient (Wildman–Crippen LogP) is 4.30. The molecule has 1 aliphatic rings. The SMILES string of the molecule is COc1cc(Br)cc([C@H](CCC(F)(F)F)N2CCNCC2)c1O.Cl.Cl. The summed E-state index contributed by atoms with van der Waals surface area (Å²) in [7, 11) is 1.42. The van der Waals surface area contributed by atoms with Crippen molar-refractivity contribution >= 4 is 40.7 Å². The van der Waals surface area contributed by atoms with Crippen molar-refractivity contribution in [2.45, 2.75) is 25.1 Å². The predicted molar refractivity (Wildman–Crippen MR) is 99.3 cm³/mol. The van der Waals surface area contributed by atoms with Gasteiger partial charge in [0.05, 0.1) is 7.11 Å². The summed E-state index contributed by atoms with van der Waals surface area (Å²) in [5, 5.41) is 13.6. The van der Waals surface area contributed by atoms with Crippen LogP contribution < -0.4 is 10.1 Å². The van der Waals surface area contributed by atoms with E-state index >= 15 is 0 Å². The van der Waals surface area contributed by atoms with E-state index in [0.29, 0.717) is 36.2 Å². The largest absolute Gasteiger partial charge is 0.504 e. The molecule has 0 saturated carbocycles. The van der Waals surface area contributed by atoms with E-state index in [2.05, 4.69) is 21.2 Å². The van der Waals surface area contributed by atoms with Crippen molar-refractivity contribution in [2.24, 2.45) is 0 Å². The zero-order chi connectivity index (χ0) is 17.0. The molecule has 0 aliphatic carbocycles. The van der Waals surface area contributed by atoms with Gasteiger partial charge in [-0.1, -0.05) is 15.9 Å². The van der Waals surface area contributed by atoms with Crippen LogP contribution in [0, 0.1) is 0 Å². The Balaban J connectivity index is 0.00000288. The lowest BCUT2D eigenvalue weighted by Gasteiger charge is -2.36. The number of methoxy groups -OCH3 is 1. The Morgan fingerprint density at radius 2 is 1.88 bits per heavy atom. The summed E-state index contributed by atoms with van der Waals surface area (Å²) in [4.78, 5) is 1.98. The second-order valence-electron chi connectivity index (χ2n) is 5.50. The Morgan fingerprint density at radius 3 is 2.40 bits per heavy atom. The third-order valence-electron chi connectivity index (χ3n) is 3.94. The van der Waals surface area contributed by atoms with E-state index in [1.807, 2.05) is 4.90 Å². The van der Waals surface area contributed by atoms with Gasteiger partial charge in [-0.2, -0.15) is 13.2 Å². The summed E-state index contributed by atoms with van der Waals surface area (Å²) in [6, 6.07) is 2.75. The Morgan fingerprint density at radius 1 is 1.28 bits per heavy atom. The number of aromatic hydroxyl groups is 1. The van der Waals surface area contributed by atoms with Crippen LogP contribution in [0.5, 0.6) is 11.5 Å². The molecule has 1 atom stereocenters. The molecule has 0 amide bonds. The molecule has 2 rings (SSSR count). The number of alkyl halides is 3. The Labute approximate surface area is 166 Å². The number of nitrogens with one attached hydrogen (secondary N) is 1. The van der Waals surface area contributed by atoms with Crippen LogP contribution in [0.2, 0.25) is 0 Å². The Bertz CT molecular complexity index is 544. The first kappa shape index (κ1) is 24.6. The van der Waals surface area contributed by atoms with Gasteiger partial charge >= 0.3 is 6.18 Å². The van der Waals surface area contributed by atoms with Crippen LogP contribution in [0.25, 0.3) is 0 Å². The highest BCUT2D eigenvalue weighted by atomic mass is 79.9. The molecule has 1 aromatic carbocycles. The van der Waals surface area contributed by atoms with Gasteiger partial charge in [-0.05, 0) is 18.6 Å². The lowest BCUT2D eigenvalue weighted by atomic mass is 9.98. The van der Waals surface area contributed by atoms with Crippen molar-refractivity contribution in [3.05, 3.63) is 22.2 Å². The summed E-state index contributed by atoms with van der Waals surface area (Å²) in [5.74, 6) is 0.155. The standard InChI is InChI=1S/C15H20BrF3N2O2.2ClH/c1-23-13-9-10(16)8-11(14(13)22)12(2-3-15(17,18)19)21-6-4-20-5-7-21;;/h8-9,12,20,22H,2-7H2,1H3;2*1H/t12-;;/m0../s1. The number of ether oxygens (including phenoxy) is 1. The van der Waals surface area contributed by atoms with Crippen LogP contribution in [0.3, 0.4) is 0 Å². The molecule has 1 aromatic rings. The number of rotatable bonds is 5. The first-order valence-electron chi connectivity index (χ1n) is 7.39. The second kappa shape index (κ2) is 10.7. The molecule has 1 fully saturated rings. The van der Waals surface area contributed by atoms with Gasteiger partial charge in [0, 0.05) is 48.7 Å². The lowest BCUT2D eigenvalue weighted by molar-refractivity contribution is -0.138.